The van der Waals surface area contributed by atoms with Crippen molar-refractivity contribution in [2.75, 3.05) is 11.4 Å². The second kappa shape index (κ2) is 6.84. The molecule has 0 aliphatic heterocycles. The number of amides is 1. The van der Waals surface area contributed by atoms with Crippen molar-refractivity contribution < 1.29 is 9.21 Å². The number of oxazole rings is 1. The summed E-state index contributed by atoms with van der Waals surface area (Å²) in [6.45, 7) is 0.125. The van der Waals surface area contributed by atoms with E-state index in [2.05, 4.69) is 0 Å². The van der Waals surface area contributed by atoms with Gasteiger partial charge in [-0.15, -0.1) is 0 Å². The largest absolute Gasteiger partial charge is 0.420 e. The van der Waals surface area contributed by atoms with E-state index in [4.69, 9.17) is 9.68 Å². The van der Waals surface area contributed by atoms with Crippen LogP contribution in [0, 0.1) is 11.3 Å². The van der Waals surface area contributed by atoms with Crippen LogP contribution < -0.4 is 10.7 Å². The van der Waals surface area contributed by atoms with Gasteiger partial charge >= 0.3 is 5.76 Å². The molecule has 120 valence electrons. The van der Waals surface area contributed by atoms with Crippen LogP contribution >= 0.6 is 0 Å². The number of anilines is 1. The van der Waals surface area contributed by atoms with Crippen LogP contribution in [-0.2, 0) is 11.3 Å². The number of carbonyl (C=O) groups is 1. The topological polar surface area (TPSA) is 79.2 Å². The molecule has 2 aromatic carbocycles. The molecular weight excluding hydrogens is 306 g/mol. The Kier molecular flexibility index (Phi) is 4.43. The van der Waals surface area contributed by atoms with Crippen LogP contribution in [0.25, 0.3) is 11.1 Å². The highest BCUT2D eigenvalue weighted by atomic mass is 16.4. The van der Waals surface area contributed by atoms with E-state index in [1.807, 2.05) is 24.3 Å². The fourth-order valence-electron chi connectivity index (χ4n) is 2.55. The second-order valence-electron chi connectivity index (χ2n) is 5.21. The summed E-state index contributed by atoms with van der Waals surface area (Å²) in [6.07, 6.45) is 0.210. The van der Waals surface area contributed by atoms with Crippen molar-refractivity contribution in [3.05, 3.63) is 65.1 Å². The Balaban J connectivity index is 1.92. The number of hydrogen-bond donors (Lipinski definition) is 0. The molecule has 6 heteroatoms. The number of fused-ring (bicyclic) bond motifs is 1. The molecule has 0 radical (unpaired) electrons. The smallest absolute Gasteiger partial charge is 0.408 e. The minimum absolute atomic E-state index is 0.143. The van der Waals surface area contributed by atoms with E-state index in [9.17, 15) is 9.59 Å². The van der Waals surface area contributed by atoms with E-state index in [0.717, 1.165) is 0 Å². The lowest BCUT2D eigenvalue weighted by Crippen LogP contribution is -2.36. The number of para-hydroxylation sites is 3. The molecule has 0 fully saturated rings. The van der Waals surface area contributed by atoms with Gasteiger partial charge in [0.25, 0.3) is 0 Å². The van der Waals surface area contributed by atoms with E-state index in [0.29, 0.717) is 16.8 Å². The van der Waals surface area contributed by atoms with Crippen molar-refractivity contribution in [2.45, 2.75) is 13.0 Å². The number of rotatable bonds is 5. The fraction of sp³-hybridized carbons (Fsp3) is 0.167. The SMILES string of the molecule is N#CCCN(C(=O)Cn1c(=O)oc2ccccc21)c1ccccc1. The lowest BCUT2D eigenvalue weighted by molar-refractivity contribution is -0.119. The van der Waals surface area contributed by atoms with E-state index >= 15 is 0 Å². The maximum atomic E-state index is 12.7. The van der Waals surface area contributed by atoms with Crippen LogP contribution in [0.1, 0.15) is 6.42 Å². The fourth-order valence-corrected chi connectivity index (χ4v) is 2.55. The normalized spacial score (nSPS) is 10.5. The van der Waals surface area contributed by atoms with E-state index < -0.39 is 5.76 Å². The number of benzene rings is 2. The highest BCUT2D eigenvalue weighted by Gasteiger charge is 2.19. The summed E-state index contributed by atoms with van der Waals surface area (Å²) in [7, 11) is 0. The Morgan fingerprint density at radius 3 is 2.58 bits per heavy atom. The van der Waals surface area contributed by atoms with Gasteiger partial charge in [0.2, 0.25) is 5.91 Å². The number of hydrogen-bond acceptors (Lipinski definition) is 4. The van der Waals surface area contributed by atoms with Crippen molar-refractivity contribution in [3.63, 3.8) is 0 Å². The molecule has 0 spiro atoms. The summed E-state index contributed by atoms with van der Waals surface area (Å²) in [6, 6.07) is 18.1. The number of nitriles is 1. The predicted molar refractivity (Wildman–Crippen MR) is 89.5 cm³/mol. The van der Waals surface area contributed by atoms with Crippen LogP contribution in [0.15, 0.2) is 63.8 Å². The maximum Gasteiger partial charge on any atom is 0.420 e. The quantitative estimate of drug-likeness (QED) is 0.723. The second-order valence-corrected chi connectivity index (χ2v) is 5.21. The molecule has 0 aliphatic rings. The molecule has 0 unspecified atom stereocenters. The van der Waals surface area contributed by atoms with Gasteiger partial charge in [0.15, 0.2) is 5.58 Å². The van der Waals surface area contributed by atoms with Crippen molar-refractivity contribution in [3.8, 4) is 6.07 Å². The van der Waals surface area contributed by atoms with Gasteiger partial charge < -0.3 is 9.32 Å². The molecule has 0 saturated heterocycles. The first-order chi connectivity index (χ1) is 11.7. The number of aromatic nitrogens is 1. The van der Waals surface area contributed by atoms with E-state index in [1.165, 1.54) is 9.47 Å². The van der Waals surface area contributed by atoms with Crippen LogP contribution in [0.3, 0.4) is 0 Å². The van der Waals surface area contributed by atoms with E-state index in [1.54, 1.807) is 36.4 Å². The Morgan fingerprint density at radius 1 is 1.12 bits per heavy atom. The number of nitrogens with zero attached hydrogens (tertiary/aromatic N) is 3. The summed E-state index contributed by atoms with van der Waals surface area (Å²) in [4.78, 5) is 26.3. The average Bonchev–Trinajstić information content (AvgIpc) is 2.92. The first-order valence-corrected chi connectivity index (χ1v) is 7.51. The first-order valence-electron chi connectivity index (χ1n) is 7.51. The molecule has 0 saturated carbocycles. The molecule has 6 nitrogen and oxygen atoms in total. The van der Waals surface area contributed by atoms with Gasteiger partial charge in [0, 0.05) is 12.2 Å². The average molecular weight is 321 g/mol. The molecule has 0 N–H and O–H groups in total. The maximum absolute atomic E-state index is 12.7. The van der Waals surface area contributed by atoms with Crippen LogP contribution in [0.2, 0.25) is 0 Å². The van der Waals surface area contributed by atoms with Gasteiger partial charge in [-0.25, -0.2) is 4.79 Å². The summed E-state index contributed by atoms with van der Waals surface area (Å²) in [5.74, 6) is -0.844. The highest BCUT2D eigenvalue weighted by Crippen LogP contribution is 2.16. The van der Waals surface area contributed by atoms with Crippen LogP contribution in [-0.4, -0.2) is 17.0 Å². The van der Waals surface area contributed by atoms with Gasteiger partial charge in [-0.3, -0.25) is 9.36 Å². The summed E-state index contributed by atoms with van der Waals surface area (Å²) in [5, 5.41) is 8.83. The van der Waals surface area contributed by atoms with Gasteiger partial charge in [-0.2, -0.15) is 5.26 Å². The van der Waals surface area contributed by atoms with Crippen molar-refractivity contribution >= 4 is 22.7 Å². The first kappa shape index (κ1) is 15.6. The molecule has 1 amide bonds. The van der Waals surface area contributed by atoms with Crippen LogP contribution in [0.4, 0.5) is 5.69 Å². The third kappa shape index (κ3) is 3.06. The summed E-state index contributed by atoms with van der Waals surface area (Å²) in [5.41, 5.74) is 1.71. The van der Waals surface area contributed by atoms with Gasteiger partial charge in [0.1, 0.15) is 6.54 Å². The van der Waals surface area contributed by atoms with Gasteiger partial charge in [-0.1, -0.05) is 30.3 Å². The zero-order valence-corrected chi connectivity index (χ0v) is 12.9. The molecule has 0 bridgehead atoms. The van der Waals surface area contributed by atoms with Crippen molar-refractivity contribution in [1.82, 2.24) is 4.57 Å². The van der Waals surface area contributed by atoms with E-state index in [-0.39, 0.29) is 25.4 Å². The van der Waals surface area contributed by atoms with Crippen molar-refractivity contribution in [1.29, 1.82) is 5.26 Å². The monoisotopic (exact) mass is 321 g/mol. The number of carbonyl (C=O) groups excluding carboxylic acids is 1. The Labute approximate surface area is 138 Å². The minimum Gasteiger partial charge on any atom is -0.408 e. The van der Waals surface area contributed by atoms with Gasteiger partial charge in [-0.05, 0) is 24.3 Å². The molecule has 3 aromatic rings. The molecular formula is C18H15N3O3. The Hall–Kier alpha value is -3.33. The zero-order chi connectivity index (χ0) is 16.9. The molecule has 24 heavy (non-hydrogen) atoms. The highest BCUT2D eigenvalue weighted by molar-refractivity contribution is 5.93. The minimum atomic E-state index is -0.571. The molecule has 3 rings (SSSR count). The lowest BCUT2D eigenvalue weighted by atomic mass is 10.2. The van der Waals surface area contributed by atoms with Gasteiger partial charge in [0.05, 0.1) is 18.0 Å². The molecule has 0 atom stereocenters. The molecule has 1 aromatic heterocycles. The Bertz CT molecular complexity index is 951. The molecule has 0 aliphatic carbocycles. The third-order valence-corrected chi connectivity index (χ3v) is 3.68. The Morgan fingerprint density at radius 2 is 1.83 bits per heavy atom. The summed E-state index contributed by atoms with van der Waals surface area (Å²) >= 11 is 0. The lowest BCUT2D eigenvalue weighted by Gasteiger charge is -2.21. The van der Waals surface area contributed by atoms with Crippen molar-refractivity contribution in [2.24, 2.45) is 0 Å². The predicted octanol–water partition coefficient (Wildman–Crippen LogP) is 2.54. The zero-order valence-electron chi connectivity index (χ0n) is 12.9. The molecule has 1 heterocycles. The standard InChI is InChI=1S/C18H15N3O3/c19-11-6-12-20(14-7-2-1-3-8-14)17(22)13-21-15-9-4-5-10-16(15)24-18(21)23/h1-5,7-10H,6,12-13H2. The third-order valence-electron chi connectivity index (χ3n) is 3.68. The van der Waals surface area contributed by atoms with Crippen LogP contribution in [0.5, 0.6) is 0 Å². The summed E-state index contributed by atoms with van der Waals surface area (Å²) < 4.78 is 6.46.